The molecule has 112 valence electrons. The molecule has 2 atom stereocenters. The molecule has 0 bridgehead atoms. The normalized spacial score (nSPS) is 23.4. The Hall–Kier alpha value is -0.860. The summed E-state index contributed by atoms with van der Waals surface area (Å²) >= 11 is 0. The molecule has 2 unspecified atom stereocenters. The summed E-state index contributed by atoms with van der Waals surface area (Å²) in [7, 11) is 0. The van der Waals surface area contributed by atoms with Gasteiger partial charge in [0.15, 0.2) is 0 Å². The van der Waals surface area contributed by atoms with Crippen LogP contribution in [0.1, 0.15) is 51.2 Å². The minimum atomic E-state index is 0.738. The number of hydrogen-bond acceptors (Lipinski definition) is 2. The molecule has 2 rings (SSSR count). The number of nitrogens with zero attached hydrogens (tertiary/aromatic N) is 1. The van der Waals surface area contributed by atoms with Crippen LogP contribution in [0.3, 0.4) is 0 Å². The van der Waals surface area contributed by atoms with Crippen LogP contribution in [0.2, 0.25) is 0 Å². The second-order valence-electron chi connectivity index (χ2n) is 6.03. The Morgan fingerprint density at radius 2 is 1.90 bits per heavy atom. The van der Waals surface area contributed by atoms with E-state index in [0.717, 1.165) is 38.1 Å². The lowest BCUT2D eigenvalue weighted by Crippen LogP contribution is -2.34. The Labute approximate surface area is 124 Å². The Morgan fingerprint density at radius 3 is 2.60 bits per heavy atom. The first-order chi connectivity index (χ1) is 9.76. The number of likely N-dealkylation sites (tertiary alicyclic amines) is 1. The fourth-order valence-electron chi connectivity index (χ4n) is 3.40. The molecule has 1 fully saturated rings. The Morgan fingerprint density at radius 1 is 1.15 bits per heavy atom. The maximum atomic E-state index is 3.43. The van der Waals surface area contributed by atoms with E-state index in [1.807, 2.05) is 0 Å². The van der Waals surface area contributed by atoms with Gasteiger partial charge in [-0.3, -0.25) is 4.90 Å². The van der Waals surface area contributed by atoms with Crippen LogP contribution >= 0.6 is 0 Å². The number of hydrogen-bond donors (Lipinski definition) is 1. The largest absolute Gasteiger partial charge is 0.317 e. The molecule has 0 aliphatic carbocycles. The fraction of sp³-hybridized carbons (Fsp3) is 0.667. The van der Waals surface area contributed by atoms with Gasteiger partial charge in [0.1, 0.15) is 0 Å². The monoisotopic (exact) mass is 274 g/mol. The van der Waals surface area contributed by atoms with Gasteiger partial charge in [0.25, 0.3) is 0 Å². The lowest BCUT2D eigenvalue weighted by Gasteiger charge is -2.28. The maximum absolute atomic E-state index is 3.43. The molecule has 0 amide bonds. The predicted molar refractivity (Wildman–Crippen MR) is 87.0 cm³/mol. The van der Waals surface area contributed by atoms with Crippen molar-refractivity contribution in [2.75, 3.05) is 13.1 Å². The van der Waals surface area contributed by atoms with E-state index in [1.54, 1.807) is 0 Å². The van der Waals surface area contributed by atoms with E-state index in [1.165, 1.54) is 30.4 Å². The standard InChI is InChI=1S/C18H30N2/c1-4-18-11-10-15(3)20(18)14-17-9-7-6-8-16(17)12-13-19-5-2/h6-9,15,18-19H,4-5,10-14H2,1-3H3. The van der Waals surface area contributed by atoms with E-state index in [9.17, 15) is 0 Å². The summed E-state index contributed by atoms with van der Waals surface area (Å²) in [4.78, 5) is 2.71. The summed E-state index contributed by atoms with van der Waals surface area (Å²) in [5.74, 6) is 0. The highest BCUT2D eigenvalue weighted by Gasteiger charge is 2.29. The van der Waals surface area contributed by atoms with Crippen molar-refractivity contribution in [3.05, 3.63) is 35.4 Å². The van der Waals surface area contributed by atoms with Gasteiger partial charge in [-0.15, -0.1) is 0 Å². The molecule has 0 spiro atoms. The average molecular weight is 274 g/mol. The highest BCUT2D eigenvalue weighted by Crippen LogP contribution is 2.28. The highest BCUT2D eigenvalue weighted by molar-refractivity contribution is 5.27. The van der Waals surface area contributed by atoms with Crippen molar-refractivity contribution < 1.29 is 0 Å². The van der Waals surface area contributed by atoms with Crippen LogP contribution in [0.5, 0.6) is 0 Å². The molecule has 0 aromatic heterocycles. The van der Waals surface area contributed by atoms with Gasteiger partial charge in [-0.05, 0) is 56.8 Å². The van der Waals surface area contributed by atoms with Gasteiger partial charge < -0.3 is 5.32 Å². The molecule has 2 heteroatoms. The third kappa shape index (κ3) is 3.83. The SMILES string of the molecule is CCNCCc1ccccc1CN1C(C)CCC1CC. The van der Waals surface area contributed by atoms with Crippen LogP contribution in [-0.4, -0.2) is 30.1 Å². The molecular formula is C18H30N2. The van der Waals surface area contributed by atoms with Gasteiger partial charge in [-0.1, -0.05) is 38.1 Å². The Balaban J connectivity index is 2.04. The lowest BCUT2D eigenvalue weighted by atomic mass is 10.0. The van der Waals surface area contributed by atoms with E-state index < -0.39 is 0 Å². The van der Waals surface area contributed by atoms with Crippen molar-refractivity contribution in [2.45, 2.75) is 65.1 Å². The molecule has 0 radical (unpaired) electrons. The maximum Gasteiger partial charge on any atom is 0.0242 e. The van der Waals surface area contributed by atoms with E-state index in [-0.39, 0.29) is 0 Å². The fourth-order valence-corrected chi connectivity index (χ4v) is 3.40. The first-order valence-electron chi connectivity index (χ1n) is 8.29. The minimum absolute atomic E-state index is 0.738. The molecule has 1 aliphatic heterocycles. The summed E-state index contributed by atoms with van der Waals surface area (Å²) in [5, 5.41) is 3.43. The first-order valence-corrected chi connectivity index (χ1v) is 8.29. The second-order valence-corrected chi connectivity index (χ2v) is 6.03. The third-order valence-electron chi connectivity index (χ3n) is 4.72. The molecule has 0 saturated carbocycles. The van der Waals surface area contributed by atoms with Crippen LogP contribution in [-0.2, 0) is 13.0 Å². The lowest BCUT2D eigenvalue weighted by molar-refractivity contribution is 0.189. The molecule has 2 nitrogen and oxygen atoms in total. The summed E-state index contributed by atoms with van der Waals surface area (Å²) in [6.07, 6.45) is 5.15. The quantitative estimate of drug-likeness (QED) is 0.764. The first kappa shape index (κ1) is 15.5. The van der Waals surface area contributed by atoms with Crippen LogP contribution < -0.4 is 5.32 Å². The Bertz CT molecular complexity index is 402. The van der Waals surface area contributed by atoms with Crippen molar-refractivity contribution in [3.8, 4) is 0 Å². The zero-order valence-electron chi connectivity index (χ0n) is 13.4. The van der Waals surface area contributed by atoms with Crippen molar-refractivity contribution >= 4 is 0 Å². The van der Waals surface area contributed by atoms with E-state index in [0.29, 0.717) is 0 Å². The smallest absolute Gasteiger partial charge is 0.0242 e. The van der Waals surface area contributed by atoms with Gasteiger partial charge in [0.2, 0.25) is 0 Å². The highest BCUT2D eigenvalue weighted by atomic mass is 15.2. The minimum Gasteiger partial charge on any atom is -0.317 e. The van der Waals surface area contributed by atoms with Crippen molar-refractivity contribution in [3.63, 3.8) is 0 Å². The molecule has 1 heterocycles. The molecule has 1 aliphatic rings. The van der Waals surface area contributed by atoms with Crippen LogP contribution in [0.25, 0.3) is 0 Å². The molecular weight excluding hydrogens is 244 g/mol. The average Bonchev–Trinajstić information content (AvgIpc) is 2.82. The topological polar surface area (TPSA) is 15.3 Å². The zero-order valence-corrected chi connectivity index (χ0v) is 13.4. The van der Waals surface area contributed by atoms with Gasteiger partial charge in [-0.2, -0.15) is 0 Å². The van der Waals surface area contributed by atoms with E-state index in [2.05, 4.69) is 55.3 Å². The van der Waals surface area contributed by atoms with Crippen LogP contribution in [0.4, 0.5) is 0 Å². The van der Waals surface area contributed by atoms with E-state index in [4.69, 9.17) is 0 Å². The Kier molecular flexibility index (Phi) is 6.06. The van der Waals surface area contributed by atoms with Crippen molar-refractivity contribution in [1.82, 2.24) is 10.2 Å². The summed E-state index contributed by atoms with van der Waals surface area (Å²) in [6, 6.07) is 10.5. The molecule has 1 saturated heterocycles. The molecule has 20 heavy (non-hydrogen) atoms. The van der Waals surface area contributed by atoms with E-state index >= 15 is 0 Å². The predicted octanol–water partition coefficient (Wildman–Crippen LogP) is 3.60. The second kappa shape index (κ2) is 7.80. The van der Waals surface area contributed by atoms with Gasteiger partial charge in [-0.25, -0.2) is 0 Å². The summed E-state index contributed by atoms with van der Waals surface area (Å²) in [6.45, 7) is 10.2. The van der Waals surface area contributed by atoms with Gasteiger partial charge in [0, 0.05) is 18.6 Å². The van der Waals surface area contributed by atoms with Crippen molar-refractivity contribution in [1.29, 1.82) is 0 Å². The third-order valence-corrected chi connectivity index (χ3v) is 4.72. The number of rotatable bonds is 7. The zero-order chi connectivity index (χ0) is 14.4. The van der Waals surface area contributed by atoms with Crippen LogP contribution in [0, 0.1) is 0 Å². The van der Waals surface area contributed by atoms with Crippen molar-refractivity contribution in [2.24, 2.45) is 0 Å². The number of likely N-dealkylation sites (N-methyl/N-ethyl adjacent to an activating group) is 1. The van der Waals surface area contributed by atoms with Gasteiger partial charge >= 0.3 is 0 Å². The summed E-state index contributed by atoms with van der Waals surface area (Å²) in [5.41, 5.74) is 3.04. The number of benzene rings is 1. The molecule has 1 aromatic rings. The molecule has 1 aromatic carbocycles. The molecule has 1 N–H and O–H groups in total. The van der Waals surface area contributed by atoms with Crippen LogP contribution in [0.15, 0.2) is 24.3 Å². The number of nitrogens with one attached hydrogen (secondary N) is 1. The van der Waals surface area contributed by atoms with Gasteiger partial charge in [0.05, 0.1) is 0 Å². The summed E-state index contributed by atoms with van der Waals surface area (Å²) < 4.78 is 0.